The zero-order chi connectivity index (χ0) is 10.7. The third-order valence-corrected chi connectivity index (χ3v) is 2.84. The van der Waals surface area contributed by atoms with E-state index in [1.165, 1.54) is 17.6 Å². The van der Waals surface area contributed by atoms with Crippen LogP contribution in [-0.2, 0) is 6.54 Å². The van der Waals surface area contributed by atoms with E-state index in [9.17, 15) is 4.39 Å². The highest BCUT2D eigenvalue weighted by molar-refractivity contribution is 7.06. The van der Waals surface area contributed by atoms with Crippen molar-refractivity contribution in [1.82, 2.24) is 9.69 Å². The van der Waals surface area contributed by atoms with E-state index in [1.807, 2.05) is 19.2 Å². The Balaban J connectivity index is 2.33. The Kier molecular flexibility index (Phi) is 3.08. The van der Waals surface area contributed by atoms with Crippen LogP contribution in [0.4, 0.5) is 4.39 Å². The number of nitrogens with zero attached hydrogens (tertiary/aromatic N) is 1. The van der Waals surface area contributed by atoms with Gasteiger partial charge in [0.05, 0.1) is 5.69 Å². The van der Waals surface area contributed by atoms with Crippen LogP contribution in [0.3, 0.4) is 0 Å². The first-order valence-electron chi connectivity index (χ1n) is 4.66. The molecule has 0 radical (unpaired) electrons. The first-order valence-corrected chi connectivity index (χ1v) is 5.43. The van der Waals surface area contributed by atoms with Crippen molar-refractivity contribution in [2.75, 3.05) is 7.05 Å². The minimum Gasteiger partial charge on any atom is -0.315 e. The third-order valence-electron chi connectivity index (χ3n) is 2.06. The van der Waals surface area contributed by atoms with Crippen LogP contribution in [0, 0.1) is 5.82 Å². The first kappa shape index (κ1) is 10.3. The maximum absolute atomic E-state index is 13.4. The summed E-state index contributed by atoms with van der Waals surface area (Å²) < 4.78 is 17.6. The molecule has 0 atom stereocenters. The molecule has 4 heteroatoms. The van der Waals surface area contributed by atoms with Gasteiger partial charge in [0.25, 0.3) is 0 Å². The topological polar surface area (TPSA) is 24.9 Å². The maximum atomic E-state index is 13.4. The van der Waals surface area contributed by atoms with Crippen molar-refractivity contribution in [2.45, 2.75) is 6.54 Å². The number of benzene rings is 1. The van der Waals surface area contributed by atoms with Crippen molar-refractivity contribution >= 4 is 11.5 Å². The highest BCUT2D eigenvalue weighted by Crippen LogP contribution is 2.24. The van der Waals surface area contributed by atoms with Crippen molar-refractivity contribution in [1.29, 1.82) is 0 Å². The minimum absolute atomic E-state index is 0.223. The summed E-state index contributed by atoms with van der Waals surface area (Å²) in [6, 6.07) is 8.61. The number of hydrogen-bond acceptors (Lipinski definition) is 3. The van der Waals surface area contributed by atoms with E-state index in [0.717, 1.165) is 11.4 Å². The molecule has 2 aromatic rings. The van der Waals surface area contributed by atoms with E-state index in [4.69, 9.17) is 0 Å². The number of rotatable bonds is 3. The highest BCUT2D eigenvalue weighted by Gasteiger charge is 2.07. The Bertz CT molecular complexity index is 453. The Morgan fingerprint density at radius 1 is 1.40 bits per heavy atom. The fourth-order valence-corrected chi connectivity index (χ4v) is 2.11. The minimum atomic E-state index is -0.223. The monoisotopic (exact) mass is 222 g/mol. The van der Waals surface area contributed by atoms with Crippen molar-refractivity contribution in [3.63, 3.8) is 0 Å². The lowest BCUT2D eigenvalue weighted by molar-refractivity contribution is 0.631. The van der Waals surface area contributed by atoms with Gasteiger partial charge in [0.1, 0.15) is 5.82 Å². The van der Waals surface area contributed by atoms with Crippen LogP contribution in [-0.4, -0.2) is 11.4 Å². The molecule has 0 bridgehead atoms. The molecule has 0 saturated heterocycles. The second-order valence-corrected chi connectivity index (χ2v) is 4.08. The first-order chi connectivity index (χ1) is 7.31. The smallest absolute Gasteiger partial charge is 0.132 e. The Hall–Kier alpha value is -1.26. The fourth-order valence-electron chi connectivity index (χ4n) is 1.37. The third kappa shape index (κ3) is 2.22. The molecule has 0 aliphatic rings. The Labute approximate surface area is 91.9 Å². The van der Waals surface area contributed by atoms with Gasteiger partial charge in [0.2, 0.25) is 0 Å². The normalized spacial score (nSPS) is 10.5. The largest absolute Gasteiger partial charge is 0.315 e. The standard InChI is InChI=1S/C11H11FN2S/c1-13-7-8-6-11(14-15-8)9-4-2-3-5-10(9)12/h2-6,13H,7H2,1H3. The van der Waals surface area contributed by atoms with Crippen LogP contribution in [0.15, 0.2) is 30.3 Å². The average molecular weight is 222 g/mol. The molecular formula is C11H11FN2S. The van der Waals surface area contributed by atoms with Crippen molar-refractivity contribution in [2.24, 2.45) is 0 Å². The van der Waals surface area contributed by atoms with Crippen molar-refractivity contribution < 1.29 is 4.39 Å². The molecule has 15 heavy (non-hydrogen) atoms. The van der Waals surface area contributed by atoms with Gasteiger partial charge in [0.15, 0.2) is 0 Å². The van der Waals surface area contributed by atoms with E-state index in [2.05, 4.69) is 9.69 Å². The zero-order valence-electron chi connectivity index (χ0n) is 8.33. The lowest BCUT2D eigenvalue weighted by Gasteiger charge is -1.96. The SMILES string of the molecule is CNCc1cc(-c2ccccc2F)ns1. The van der Waals surface area contributed by atoms with E-state index in [1.54, 1.807) is 12.1 Å². The van der Waals surface area contributed by atoms with E-state index in [0.29, 0.717) is 11.3 Å². The quantitative estimate of drug-likeness (QED) is 0.863. The second-order valence-electron chi connectivity index (χ2n) is 3.19. The Morgan fingerprint density at radius 2 is 2.20 bits per heavy atom. The molecule has 0 spiro atoms. The van der Waals surface area contributed by atoms with Crippen LogP contribution in [0.25, 0.3) is 11.3 Å². The number of nitrogens with one attached hydrogen (secondary N) is 1. The molecule has 2 rings (SSSR count). The van der Waals surface area contributed by atoms with Gasteiger partial charge in [-0.1, -0.05) is 12.1 Å². The summed E-state index contributed by atoms with van der Waals surface area (Å²) in [6.45, 7) is 0.770. The maximum Gasteiger partial charge on any atom is 0.132 e. The van der Waals surface area contributed by atoms with Crippen molar-refractivity contribution in [3.8, 4) is 11.3 Å². The summed E-state index contributed by atoms with van der Waals surface area (Å²) in [7, 11) is 1.88. The van der Waals surface area contributed by atoms with Gasteiger partial charge in [-0.25, -0.2) is 4.39 Å². The molecule has 2 nitrogen and oxygen atoms in total. The van der Waals surface area contributed by atoms with E-state index < -0.39 is 0 Å². The predicted molar refractivity (Wildman–Crippen MR) is 60.3 cm³/mol. The molecular weight excluding hydrogens is 211 g/mol. The average Bonchev–Trinajstić information content (AvgIpc) is 2.68. The summed E-state index contributed by atoms with van der Waals surface area (Å²) in [5.41, 5.74) is 1.28. The number of halogens is 1. The molecule has 0 amide bonds. The van der Waals surface area contributed by atoms with E-state index >= 15 is 0 Å². The molecule has 0 aliphatic carbocycles. The van der Waals surface area contributed by atoms with Crippen molar-refractivity contribution in [3.05, 3.63) is 41.0 Å². The van der Waals surface area contributed by atoms with Gasteiger partial charge in [-0.3, -0.25) is 0 Å². The summed E-state index contributed by atoms with van der Waals surface area (Å²) >= 11 is 1.40. The summed E-state index contributed by atoms with van der Waals surface area (Å²) in [4.78, 5) is 1.11. The molecule has 1 aromatic carbocycles. The van der Waals surface area contributed by atoms with Gasteiger partial charge < -0.3 is 5.32 Å². The number of hydrogen-bond donors (Lipinski definition) is 1. The molecule has 0 fully saturated rings. The molecule has 78 valence electrons. The lowest BCUT2D eigenvalue weighted by atomic mass is 10.1. The van der Waals surface area contributed by atoms with Gasteiger partial charge in [-0.05, 0) is 36.8 Å². The van der Waals surface area contributed by atoms with Crippen LogP contribution in [0.1, 0.15) is 4.88 Å². The zero-order valence-corrected chi connectivity index (χ0v) is 9.14. The van der Waals surface area contributed by atoms with Crippen LogP contribution in [0.5, 0.6) is 0 Å². The van der Waals surface area contributed by atoms with Crippen LogP contribution in [0.2, 0.25) is 0 Å². The lowest BCUT2D eigenvalue weighted by Crippen LogP contribution is -2.02. The van der Waals surface area contributed by atoms with Gasteiger partial charge in [-0.15, -0.1) is 0 Å². The predicted octanol–water partition coefficient (Wildman–Crippen LogP) is 2.67. The van der Waals surface area contributed by atoms with Gasteiger partial charge >= 0.3 is 0 Å². The molecule has 0 aliphatic heterocycles. The van der Waals surface area contributed by atoms with Gasteiger partial charge in [-0.2, -0.15) is 4.37 Å². The summed E-state index contributed by atoms with van der Waals surface area (Å²) in [6.07, 6.45) is 0. The van der Waals surface area contributed by atoms with E-state index in [-0.39, 0.29) is 5.82 Å². The highest BCUT2D eigenvalue weighted by atomic mass is 32.1. The fraction of sp³-hybridized carbons (Fsp3) is 0.182. The molecule has 0 unspecified atom stereocenters. The Morgan fingerprint density at radius 3 is 2.93 bits per heavy atom. The molecule has 1 heterocycles. The second kappa shape index (κ2) is 4.51. The van der Waals surface area contributed by atoms with Crippen LogP contribution >= 0.6 is 11.5 Å². The molecule has 1 N–H and O–H groups in total. The summed E-state index contributed by atoms with van der Waals surface area (Å²) in [5, 5.41) is 3.04. The summed E-state index contributed by atoms with van der Waals surface area (Å²) in [5.74, 6) is -0.223. The van der Waals surface area contributed by atoms with Gasteiger partial charge in [0, 0.05) is 17.0 Å². The van der Waals surface area contributed by atoms with Crippen LogP contribution < -0.4 is 5.32 Å². The number of aromatic nitrogens is 1. The molecule has 1 aromatic heterocycles. The molecule has 0 saturated carbocycles.